The van der Waals surface area contributed by atoms with Crippen molar-refractivity contribution in [1.29, 1.82) is 0 Å². The third-order valence-electron chi connectivity index (χ3n) is 3.49. The molecule has 2 heterocycles. The Morgan fingerprint density at radius 1 is 1.27 bits per heavy atom. The van der Waals surface area contributed by atoms with Gasteiger partial charge >= 0.3 is 5.97 Å². The first-order valence-electron chi connectivity index (χ1n) is 7.76. The molecule has 0 aliphatic carbocycles. The molecule has 26 heavy (non-hydrogen) atoms. The van der Waals surface area contributed by atoms with Crippen LogP contribution in [-0.4, -0.2) is 35.9 Å². The number of carboxylic acids is 1. The Labute approximate surface area is 148 Å². The number of carboxylic acid groups (broad SMARTS) is 1. The monoisotopic (exact) mass is 357 g/mol. The third kappa shape index (κ3) is 4.10. The van der Waals surface area contributed by atoms with Crippen LogP contribution in [0.1, 0.15) is 22.5 Å². The third-order valence-corrected chi connectivity index (χ3v) is 3.49. The molecule has 0 bridgehead atoms. The molecule has 1 aromatic carbocycles. The van der Waals surface area contributed by atoms with Gasteiger partial charge in [-0.05, 0) is 24.3 Å². The van der Waals surface area contributed by atoms with Gasteiger partial charge < -0.3 is 24.3 Å². The molecule has 8 nitrogen and oxygen atoms in total. The lowest BCUT2D eigenvalue weighted by Crippen LogP contribution is -2.30. The van der Waals surface area contributed by atoms with E-state index >= 15 is 0 Å². The van der Waals surface area contributed by atoms with Gasteiger partial charge in [-0.1, -0.05) is 0 Å². The molecule has 2 aromatic rings. The Hall–Kier alpha value is -3.55. The van der Waals surface area contributed by atoms with Gasteiger partial charge in [0.1, 0.15) is 17.3 Å². The summed E-state index contributed by atoms with van der Waals surface area (Å²) in [6.07, 6.45) is 2.83. The van der Waals surface area contributed by atoms with Gasteiger partial charge in [-0.15, -0.1) is 0 Å². The van der Waals surface area contributed by atoms with Crippen LogP contribution in [0.3, 0.4) is 0 Å². The second kappa shape index (κ2) is 7.56. The van der Waals surface area contributed by atoms with Crippen LogP contribution in [0.2, 0.25) is 0 Å². The maximum absolute atomic E-state index is 12.3. The molecule has 0 fully saturated rings. The molecule has 134 valence electrons. The number of amides is 1. The fourth-order valence-corrected chi connectivity index (χ4v) is 2.27. The number of furan rings is 1. The van der Waals surface area contributed by atoms with Gasteiger partial charge in [0.05, 0.1) is 18.2 Å². The van der Waals surface area contributed by atoms with E-state index in [1.54, 1.807) is 24.3 Å². The number of fused-ring (bicyclic) bond motifs is 1. The topological polar surface area (TPSA) is 115 Å². The highest BCUT2D eigenvalue weighted by molar-refractivity contribution is 6.14. The van der Waals surface area contributed by atoms with Crippen LogP contribution in [0, 0.1) is 0 Å². The van der Waals surface area contributed by atoms with Crippen molar-refractivity contribution >= 4 is 23.7 Å². The van der Waals surface area contributed by atoms with Gasteiger partial charge in [-0.2, -0.15) is 0 Å². The second-order valence-corrected chi connectivity index (χ2v) is 5.40. The molecule has 0 spiro atoms. The molecule has 2 N–H and O–H groups in total. The minimum absolute atomic E-state index is 0.0280. The number of hydrogen-bond acceptors (Lipinski definition) is 6. The number of ketones is 1. The van der Waals surface area contributed by atoms with E-state index in [1.807, 2.05) is 0 Å². The van der Waals surface area contributed by atoms with Gasteiger partial charge in [0, 0.05) is 18.7 Å². The highest BCUT2D eigenvalue weighted by atomic mass is 16.5. The number of allylic oxidation sites excluding steroid dienone is 1. The van der Waals surface area contributed by atoms with Crippen molar-refractivity contribution in [2.45, 2.75) is 6.42 Å². The lowest BCUT2D eigenvalue weighted by molar-refractivity contribution is -0.137. The zero-order chi connectivity index (χ0) is 18.5. The predicted molar refractivity (Wildman–Crippen MR) is 88.8 cm³/mol. The molecule has 0 atom stereocenters. The standard InChI is InChI=1S/C18H15NO7/c20-16(19-6-5-17(21)22)10-25-12-3-4-13-14(8-12)26-15(18(13)23)9-11-2-1-7-24-11/h1-4,7-9H,5-6,10H2,(H,19,20)(H,21,22). The largest absolute Gasteiger partial charge is 0.484 e. The molecule has 1 aliphatic rings. The average Bonchev–Trinajstić information content (AvgIpc) is 3.21. The van der Waals surface area contributed by atoms with Gasteiger partial charge in [0.2, 0.25) is 5.78 Å². The van der Waals surface area contributed by atoms with Crippen LogP contribution < -0.4 is 14.8 Å². The molecule has 0 unspecified atom stereocenters. The van der Waals surface area contributed by atoms with Crippen molar-refractivity contribution < 1.29 is 33.4 Å². The Morgan fingerprint density at radius 3 is 2.85 bits per heavy atom. The summed E-state index contributed by atoms with van der Waals surface area (Å²) in [5.74, 6) is -0.392. The maximum Gasteiger partial charge on any atom is 0.305 e. The summed E-state index contributed by atoms with van der Waals surface area (Å²) in [5.41, 5.74) is 0.390. The van der Waals surface area contributed by atoms with Crippen molar-refractivity contribution in [1.82, 2.24) is 5.32 Å². The zero-order valence-corrected chi connectivity index (χ0v) is 13.6. The van der Waals surface area contributed by atoms with E-state index in [-0.39, 0.29) is 31.1 Å². The van der Waals surface area contributed by atoms with E-state index < -0.39 is 11.9 Å². The number of ether oxygens (including phenoxy) is 2. The highest BCUT2D eigenvalue weighted by Crippen LogP contribution is 2.34. The highest BCUT2D eigenvalue weighted by Gasteiger charge is 2.28. The number of benzene rings is 1. The van der Waals surface area contributed by atoms with Crippen LogP contribution in [-0.2, 0) is 9.59 Å². The van der Waals surface area contributed by atoms with Crippen molar-refractivity contribution in [2.75, 3.05) is 13.2 Å². The first-order valence-corrected chi connectivity index (χ1v) is 7.76. The fraction of sp³-hybridized carbons (Fsp3) is 0.167. The van der Waals surface area contributed by atoms with Crippen LogP contribution in [0.25, 0.3) is 6.08 Å². The van der Waals surface area contributed by atoms with E-state index in [1.165, 1.54) is 18.4 Å². The summed E-state index contributed by atoms with van der Waals surface area (Å²) in [6.45, 7) is -0.248. The summed E-state index contributed by atoms with van der Waals surface area (Å²) in [5, 5.41) is 10.9. The molecule has 0 saturated heterocycles. The van der Waals surface area contributed by atoms with Crippen LogP contribution in [0.5, 0.6) is 11.5 Å². The van der Waals surface area contributed by atoms with E-state index in [0.717, 1.165) is 0 Å². The molecule has 0 radical (unpaired) electrons. The van der Waals surface area contributed by atoms with Crippen LogP contribution >= 0.6 is 0 Å². The number of nitrogens with one attached hydrogen (secondary N) is 1. The SMILES string of the molecule is O=C(O)CCNC(=O)COc1ccc2c(c1)OC(=Cc1ccco1)C2=O. The Kier molecular flexibility index (Phi) is 5.02. The Balaban J connectivity index is 1.60. The first-order chi connectivity index (χ1) is 12.5. The summed E-state index contributed by atoms with van der Waals surface area (Å²) >= 11 is 0. The smallest absolute Gasteiger partial charge is 0.305 e. The Bertz CT molecular complexity index is 868. The summed E-state index contributed by atoms with van der Waals surface area (Å²) in [6, 6.07) is 8.02. The minimum atomic E-state index is -0.995. The van der Waals surface area contributed by atoms with Crippen molar-refractivity contribution in [3.8, 4) is 11.5 Å². The van der Waals surface area contributed by atoms with Crippen LogP contribution in [0.4, 0.5) is 0 Å². The number of Topliss-reactive ketones (excluding diaryl/α,β-unsaturated/α-hetero) is 1. The van der Waals surface area contributed by atoms with E-state index in [4.69, 9.17) is 19.0 Å². The molecule has 1 aromatic heterocycles. The van der Waals surface area contributed by atoms with Crippen molar-refractivity contribution in [3.63, 3.8) is 0 Å². The molecular weight excluding hydrogens is 342 g/mol. The normalized spacial score (nSPS) is 14.0. The lowest BCUT2D eigenvalue weighted by atomic mass is 10.1. The average molecular weight is 357 g/mol. The van der Waals surface area contributed by atoms with Crippen LogP contribution in [0.15, 0.2) is 46.8 Å². The maximum atomic E-state index is 12.3. The van der Waals surface area contributed by atoms with Gasteiger partial charge in [0.15, 0.2) is 12.4 Å². The van der Waals surface area contributed by atoms with E-state index in [0.29, 0.717) is 22.8 Å². The van der Waals surface area contributed by atoms with Gasteiger partial charge in [-0.3, -0.25) is 14.4 Å². The summed E-state index contributed by atoms with van der Waals surface area (Å²) in [4.78, 5) is 34.3. The zero-order valence-electron chi connectivity index (χ0n) is 13.6. The Morgan fingerprint density at radius 2 is 2.12 bits per heavy atom. The van der Waals surface area contributed by atoms with E-state index in [2.05, 4.69) is 5.32 Å². The number of carbonyl (C=O) groups is 3. The van der Waals surface area contributed by atoms with Crippen molar-refractivity contribution in [3.05, 3.63) is 53.7 Å². The number of aliphatic carboxylic acids is 1. The summed E-state index contributed by atoms with van der Waals surface area (Å²) in [7, 11) is 0. The number of rotatable bonds is 7. The van der Waals surface area contributed by atoms with Gasteiger partial charge in [-0.25, -0.2) is 0 Å². The molecule has 1 amide bonds. The lowest BCUT2D eigenvalue weighted by Gasteiger charge is -2.07. The second-order valence-electron chi connectivity index (χ2n) is 5.40. The first kappa shape index (κ1) is 17.3. The molecule has 0 saturated carbocycles. The molecule has 1 aliphatic heterocycles. The minimum Gasteiger partial charge on any atom is -0.484 e. The predicted octanol–water partition coefficient (Wildman–Crippen LogP) is 1.87. The van der Waals surface area contributed by atoms with Crippen molar-refractivity contribution in [2.24, 2.45) is 0 Å². The molecule has 3 rings (SSSR count). The summed E-state index contributed by atoms with van der Waals surface area (Å²) < 4.78 is 16.0. The van der Waals surface area contributed by atoms with E-state index in [9.17, 15) is 14.4 Å². The number of hydrogen-bond donors (Lipinski definition) is 2. The number of carbonyl (C=O) groups excluding carboxylic acids is 2. The fourth-order valence-electron chi connectivity index (χ4n) is 2.27. The quantitative estimate of drug-likeness (QED) is 0.727. The van der Waals surface area contributed by atoms with Gasteiger partial charge in [0.25, 0.3) is 5.91 Å². The molecule has 8 heteroatoms. The molecular formula is C18H15NO7.